The van der Waals surface area contributed by atoms with Gasteiger partial charge in [0, 0.05) is 24.6 Å². The maximum Gasteiger partial charge on any atom is 0.220 e. The van der Waals surface area contributed by atoms with Gasteiger partial charge in [0.1, 0.15) is 11.9 Å². The zero-order chi connectivity index (χ0) is 16.2. The second kappa shape index (κ2) is 6.82. The Labute approximate surface area is 136 Å². The lowest BCUT2D eigenvalue weighted by Gasteiger charge is -2.13. The first kappa shape index (κ1) is 15.5. The highest BCUT2D eigenvalue weighted by atomic mass is 16.5. The van der Waals surface area contributed by atoms with E-state index in [1.807, 2.05) is 25.1 Å². The van der Waals surface area contributed by atoms with Gasteiger partial charge in [0.2, 0.25) is 5.91 Å². The fourth-order valence-electron chi connectivity index (χ4n) is 2.96. The second-order valence-corrected chi connectivity index (χ2v) is 6.01. The third kappa shape index (κ3) is 3.52. The summed E-state index contributed by atoms with van der Waals surface area (Å²) < 4.78 is 6.12. The highest BCUT2D eigenvalue weighted by molar-refractivity contribution is 5.76. The summed E-state index contributed by atoms with van der Waals surface area (Å²) in [6.07, 6.45) is 4.04. The van der Waals surface area contributed by atoms with Crippen LogP contribution in [-0.4, -0.2) is 23.5 Å². The van der Waals surface area contributed by atoms with Crippen LogP contribution in [0.25, 0.3) is 11.3 Å². The standard InChI is InChI=1S/C19H22N2O2/c1-3-6-18(22)21-12-15-11-14-9-13(2)10-16(19(14)23-15)17-7-4-5-8-20-17/h4-5,7-10,15H,3,6,11-12H2,1-2H3,(H,21,22)/t15-/m0/s1. The lowest BCUT2D eigenvalue weighted by molar-refractivity contribution is -0.121. The Kier molecular flexibility index (Phi) is 4.60. The number of nitrogens with zero attached hydrogens (tertiary/aromatic N) is 1. The van der Waals surface area contributed by atoms with Crippen LogP contribution in [0.3, 0.4) is 0 Å². The van der Waals surface area contributed by atoms with Crippen LogP contribution in [0.15, 0.2) is 36.5 Å². The summed E-state index contributed by atoms with van der Waals surface area (Å²) in [5, 5.41) is 2.95. The van der Waals surface area contributed by atoms with E-state index in [1.165, 1.54) is 11.1 Å². The number of ether oxygens (including phenoxy) is 1. The molecule has 2 aromatic rings. The smallest absolute Gasteiger partial charge is 0.220 e. The van der Waals surface area contributed by atoms with Crippen molar-refractivity contribution < 1.29 is 9.53 Å². The molecule has 1 aliphatic rings. The summed E-state index contributed by atoms with van der Waals surface area (Å²) in [7, 11) is 0. The molecule has 0 radical (unpaired) electrons. The van der Waals surface area contributed by atoms with E-state index in [9.17, 15) is 4.79 Å². The SMILES string of the molecule is CCCC(=O)NC[C@@H]1Cc2cc(C)cc(-c3ccccn3)c2O1. The van der Waals surface area contributed by atoms with Gasteiger partial charge in [-0.05, 0) is 42.7 Å². The number of rotatable bonds is 5. The van der Waals surface area contributed by atoms with Gasteiger partial charge in [-0.2, -0.15) is 0 Å². The third-order valence-corrected chi connectivity index (χ3v) is 3.99. The molecule has 0 spiro atoms. The van der Waals surface area contributed by atoms with Crippen LogP contribution in [0.4, 0.5) is 0 Å². The molecule has 1 amide bonds. The van der Waals surface area contributed by atoms with E-state index in [2.05, 4.69) is 29.4 Å². The van der Waals surface area contributed by atoms with Crippen molar-refractivity contribution in [2.24, 2.45) is 0 Å². The largest absolute Gasteiger partial charge is 0.487 e. The number of pyridine rings is 1. The molecule has 0 unspecified atom stereocenters. The Balaban J connectivity index is 1.78. The van der Waals surface area contributed by atoms with Crippen molar-refractivity contribution in [1.82, 2.24) is 10.3 Å². The van der Waals surface area contributed by atoms with Crippen LogP contribution in [0.2, 0.25) is 0 Å². The van der Waals surface area contributed by atoms with E-state index >= 15 is 0 Å². The number of carbonyl (C=O) groups excluding carboxylic acids is 1. The number of hydrogen-bond donors (Lipinski definition) is 1. The third-order valence-electron chi connectivity index (χ3n) is 3.99. The van der Waals surface area contributed by atoms with Crippen molar-refractivity contribution in [2.45, 2.75) is 39.2 Å². The molecule has 1 aromatic heterocycles. The Bertz CT molecular complexity index is 698. The van der Waals surface area contributed by atoms with Crippen molar-refractivity contribution in [3.63, 3.8) is 0 Å². The van der Waals surface area contributed by atoms with Crippen LogP contribution in [0.5, 0.6) is 5.75 Å². The number of amides is 1. The van der Waals surface area contributed by atoms with Gasteiger partial charge < -0.3 is 10.1 Å². The first-order valence-electron chi connectivity index (χ1n) is 8.15. The molecule has 120 valence electrons. The van der Waals surface area contributed by atoms with Crippen LogP contribution < -0.4 is 10.1 Å². The van der Waals surface area contributed by atoms with E-state index in [0.717, 1.165) is 29.8 Å². The summed E-state index contributed by atoms with van der Waals surface area (Å²) in [5.74, 6) is 0.997. The van der Waals surface area contributed by atoms with E-state index in [1.54, 1.807) is 6.20 Å². The van der Waals surface area contributed by atoms with Crippen molar-refractivity contribution in [1.29, 1.82) is 0 Å². The van der Waals surface area contributed by atoms with E-state index in [0.29, 0.717) is 13.0 Å². The quantitative estimate of drug-likeness (QED) is 0.922. The van der Waals surface area contributed by atoms with Crippen molar-refractivity contribution in [2.75, 3.05) is 6.54 Å². The first-order valence-corrected chi connectivity index (χ1v) is 8.15. The number of nitrogens with one attached hydrogen (secondary N) is 1. The highest BCUT2D eigenvalue weighted by Crippen LogP contribution is 2.38. The van der Waals surface area contributed by atoms with Crippen LogP contribution in [0, 0.1) is 6.92 Å². The molecule has 2 heterocycles. The van der Waals surface area contributed by atoms with Crippen LogP contribution >= 0.6 is 0 Å². The molecule has 23 heavy (non-hydrogen) atoms. The summed E-state index contributed by atoms with van der Waals surface area (Å²) in [6.45, 7) is 4.64. The zero-order valence-corrected chi connectivity index (χ0v) is 13.6. The Hall–Kier alpha value is -2.36. The topological polar surface area (TPSA) is 51.2 Å². The lowest BCUT2D eigenvalue weighted by atomic mass is 10.0. The highest BCUT2D eigenvalue weighted by Gasteiger charge is 2.26. The molecule has 0 bridgehead atoms. The van der Waals surface area contributed by atoms with Gasteiger partial charge in [-0.1, -0.05) is 19.1 Å². The summed E-state index contributed by atoms with van der Waals surface area (Å²) in [6, 6.07) is 10.2. The number of carbonyl (C=O) groups is 1. The van der Waals surface area contributed by atoms with Gasteiger partial charge in [-0.25, -0.2) is 0 Å². The Morgan fingerprint density at radius 1 is 1.39 bits per heavy atom. The van der Waals surface area contributed by atoms with Gasteiger partial charge in [-0.15, -0.1) is 0 Å². The van der Waals surface area contributed by atoms with Gasteiger partial charge in [0.15, 0.2) is 0 Å². The van der Waals surface area contributed by atoms with Crippen molar-refractivity contribution in [3.8, 4) is 17.0 Å². The Morgan fingerprint density at radius 3 is 3.00 bits per heavy atom. The predicted molar refractivity (Wildman–Crippen MR) is 90.4 cm³/mol. The number of hydrogen-bond acceptors (Lipinski definition) is 3. The minimum Gasteiger partial charge on any atom is -0.487 e. The van der Waals surface area contributed by atoms with Gasteiger partial charge >= 0.3 is 0 Å². The molecule has 4 nitrogen and oxygen atoms in total. The molecule has 0 fully saturated rings. The molecule has 0 saturated heterocycles. The number of aryl methyl sites for hydroxylation is 1. The van der Waals surface area contributed by atoms with Gasteiger partial charge in [0.05, 0.1) is 12.2 Å². The maximum atomic E-state index is 11.6. The molecule has 0 aliphatic carbocycles. The van der Waals surface area contributed by atoms with Crippen molar-refractivity contribution in [3.05, 3.63) is 47.7 Å². The van der Waals surface area contributed by atoms with E-state index < -0.39 is 0 Å². The molecule has 1 aliphatic heterocycles. The molecule has 0 saturated carbocycles. The summed E-state index contributed by atoms with van der Waals surface area (Å²) in [5.41, 5.74) is 4.34. The lowest BCUT2D eigenvalue weighted by Crippen LogP contribution is -2.34. The second-order valence-electron chi connectivity index (χ2n) is 6.01. The number of aromatic nitrogens is 1. The average Bonchev–Trinajstić information content (AvgIpc) is 2.96. The number of benzene rings is 1. The molecule has 1 aromatic carbocycles. The zero-order valence-electron chi connectivity index (χ0n) is 13.6. The molecule has 4 heteroatoms. The first-order chi connectivity index (χ1) is 11.2. The minimum absolute atomic E-state index is 0.00457. The fraction of sp³-hybridized carbons (Fsp3) is 0.368. The molecular formula is C19H22N2O2. The van der Waals surface area contributed by atoms with Crippen LogP contribution in [0.1, 0.15) is 30.9 Å². The van der Waals surface area contributed by atoms with Crippen molar-refractivity contribution >= 4 is 5.91 Å². The molecular weight excluding hydrogens is 288 g/mol. The minimum atomic E-state index is -0.00457. The average molecular weight is 310 g/mol. The summed E-state index contributed by atoms with van der Waals surface area (Å²) in [4.78, 5) is 16.1. The number of fused-ring (bicyclic) bond motifs is 1. The molecule has 1 N–H and O–H groups in total. The van der Waals surface area contributed by atoms with E-state index in [-0.39, 0.29) is 12.0 Å². The molecule has 1 atom stereocenters. The summed E-state index contributed by atoms with van der Waals surface area (Å²) >= 11 is 0. The monoisotopic (exact) mass is 310 g/mol. The normalized spacial score (nSPS) is 15.8. The van der Waals surface area contributed by atoms with E-state index in [4.69, 9.17) is 4.74 Å². The van der Waals surface area contributed by atoms with Crippen LogP contribution in [-0.2, 0) is 11.2 Å². The maximum absolute atomic E-state index is 11.6. The fourth-order valence-corrected chi connectivity index (χ4v) is 2.96. The van der Waals surface area contributed by atoms with Gasteiger partial charge in [-0.3, -0.25) is 9.78 Å². The predicted octanol–water partition coefficient (Wildman–Crippen LogP) is 3.28. The molecule has 3 rings (SSSR count). The van der Waals surface area contributed by atoms with Gasteiger partial charge in [0.25, 0.3) is 0 Å². The Morgan fingerprint density at radius 2 is 2.26 bits per heavy atom.